The smallest absolute Gasteiger partial charge is 0.225 e. The molecule has 1 fully saturated rings. The lowest BCUT2D eigenvalue weighted by atomic mass is 9.99. The van der Waals surface area contributed by atoms with Crippen LogP contribution in [0.1, 0.15) is 19.8 Å². The number of aliphatic hydroxyl groups excluding tert-OH is 1. The summed E-state index contributed by atoms with van der Waals surface area (Å²) in [7, 11) is 1.55. The molecule has 1 amide bonds. The van der Waals surface area contributed by atoms with Crippen LogP contribution in [0.3, 0.4) is 0 Å². The fourth-order valence-electron chi connectivity index (χ4n) is 1.81. The van der Waals surface area contributed by atoms with Gasteiger partial charge in [0.1, 0.15) is 0 Å². The highest BCUT2D eigenvalue weighted by atomic mass is 16.5. The Morgan fingerprint density at radius 2 is 2.43 bits per heavy atom. The van der Waals surface area contributed by atoms with Crippen LogP contribution in [0.15, 0.2) is 0 Å². The number of amides is 1. The van der Waals surface area contributed by atoms with Crippen LogP contribution in [0.4, 0.5) is 0 Å². The Balaban J connectivity index is 2.39. The van der Waals surface area contributed by atoms with Crippen LogP contribution in [0.25, 0.3) is 0 Å². The van der Waals surface area contributed by atoms with Gasteiger partial charge in [-0.3, -0.25) is 4.79 Å². The van der Waals surface area contributed by atoms with Gasteiger partial charge in [0, 0.05) is 26.1 Å². The van der Waals surface area contributed by atoms with E-state index in [2.05, 4.69) is 0 Å². The number of hydrogen-bond acceptors (Lipinski definition) is 3. The summed E-state index contributed by atoms with van der Waals surface area (Å²) in [6.45, 7) is 3.40. The minimum atomic E-state index is -0.561. The average Bonchev–Trinajstić information content (AvgIpc) is 2.13. The Morgan fingerprint density at radius 3 is 3.07 bits per heavy atom. The molecule has 0 bridgehead atoms. The quantitative estimate of drug-likeness (QED) is 0.709. The zero-order valence-electron chi connectivity index (χ0n) is 8.90. The molecule has 0 spiro atoms. The molecule has 0 aromatic heterocycles. The summed E-state index contributed by atoms with van der Waals surface area (Å²) >= 11 is 0. The Labute approximate surface area is 84.8 Å². The van der Waals surface area contributed by atoms with Crippen LogP contribution >= 0.6 is 0 Å². The normalized spacial score (nSPS) is 25.2. The van der Waals surface area contributed by atoms with Gasteiger partial charge in [-0.05, 0) is 12.8 Å². The second kappa shape index (κ2) is 5.32. The zero-order chi connectivity index (χ0) is 10.6. The van der Waals surface area contributed by atoms with E-state index in [0.29, 0.717) is 6.54 Å². The van der Waals surface area contributed by atoms with Crippen LogP contribution in [-0.2, 0) is 9.53 Å². The topological polar surface area (TPSA) is 49.8 Å². The number of methoxy groups -OCH3 is 1. The highest BCUT2D eigenvalue weighted by Gasteiger charge is 2.26. The van der Waals surface area contributed by atoms with Gasteiger partial charge >= 0.3 is 0 Å². The van der Waals surface area contributed by atoms with Crippen molar-refractivity contribution in [1.29, 1.82) is 0 Å². The van der Waals surface area contributed by atoms with Crippen LogP contribution < -0.4 is 0 Å². The van der Waals surface area contributed by atoms with Crippen LogP contribution in [0, 0.1) is 5.92 Å². The van der Waals surface area contributed by atoms with Gasteiger partial charge in [-0.2, -0.15) is 0 Å². The number of rotatable bonds is 4. The van der Waals surface area contributed by atoms with Crippen molar-refractivity contribution in [3.8, 4) is 0 Å². The fourth-order valence-corrected chi connectivity index (χ4v) is 1.81. The number of likely N-dealkylation sites (tertiary alicyclic amines) is 1. The third kappa shape index (κ3) is 2.96. The van der Waals surface area contributed by atoms with E-state index in [1.165, 1.54) is 0 Å². The van der Waals surface area contributed by atoms with Crippen molar-refractivity contribution in [2.75, 3.05) is 26.8 Å². The molecule has 1 aliphatic rings. The molecule has 1 aliphatic heterocycles. The molecular weight excluding hydrogens is 182 g/mol. The van der Waals surface area contributed by atoms with E-state index in [0.717, 1.165) is 19.4 Å². The molecule has 0 aromatic carbocycles. The van der Waals surface area contributed by atoms with Crippen LogP contribution in [0.2, 0.25) is 0 Å². The largest absolute Gasteiger partial charge is 0.389 e. The predicted octanol–water partition coefficient (Wildman–Crippen LogP) is 0.252. The molecule has 2 atom stereocenters. The molecular formula is C10H19NO3. The SMILES string of the molecule is COCC(O)CN1CCCC(C)C1=O. The highest BCUT2D eigenvalue weighted by molar-refractivity contribution is 5.79. The van der Waals surface area contributed by atoms with Crippen molar-refractivity contribution >= 4 is 5.91 Å². The number of carbonyl (C=O) groups excluding carboxylic acids is 1. The number of nitrogens with zero attached hydrogens (tertiary/aromatic N) is 1. The Morgan fingerprint density at radius 1 is 1.71 bits per heavy atom. The van der Waals surface area contributed by atoms with Gasteiger partial charge in [-0.1, -0.05) is 6.92 Å². The Hall–Kier alpha value is -0.610. The molecule has 82 valence electrons. The van der Waals surface area contributed by atoms with Gasteiger partial charge in [0.25, 0.3) is 0 Å². The van der Waals surface area contributed by atoms with Crippen LogP contribution in [0.5, 0.6) is 0 Å². The Bertz CT molecular complexity index is 196. The van der Waals surface area contributed by atoms with Crippen molar-refractivity contribution in [1.82, 2.24) is 4.90 Å². The number of aliphatic hydroxyl groups is 1. The van der Waals surface area contributed by atoms with Gasteiger partial charge in [-0.25, -0.2) is 0 Å². The lowest BCUT2D eigenvalue weighted by molar-refractivity contribution is -0.139. The first-order valence-corrected chi connectivity index (χ1v) is 5.11. The van der Waals surface area contributed by atoms with E-state index in [1.54, 1.807) is 12.0 Å². The molecule has 0 saturated carbocycles. The number of β-amino-alcohol motifs (C(OH)–C–C–N with tert-alkyl or cyclic N) is 1. The van der Waals surface area contributed by atoms with Gasteiger partial charge in [0.05, 0.1) is 12.7 Å². The summed E-state index contributed by atoms with van der Waals surface area (Å²) in [4.78, 5) is 13.4. The van der Waals surface area contributed by atoms with Crippen molar-refractivity contribution in [3.63, 3.8) is 0 Å². The highest BCUT2D eigenvalue weighted by Crippen LogP contribution is 2.17. The van der Waals surface area contributed by atoms with Crippen molar-refractivity contribution in [2.24, 2.45) is 5.92 Å². The number of piperidine rings is 1. The monoisotopic (exact) mass is 201 g/mol. The first-order valence-electron chi connectivity index (χ1n) is 5.11. The summed E-state index contributed by atoms with van der Waals surface area (Å²) < 4.78 is 4.82. The fraction of sp³-hybridized carbons (Fsp3) is 0.900. The molecule has 4 nitrogen and oxygen atoms in total. The van der Waals surface area contributed by atoms with E-state index >= 15 is 0 Å². The van der Waals surface area contributed by atoms with Gasteiger partial charge in [-0.15, -0.1) is 0 Å². The molecule has 0 aliphatic carbocycles. The first kappa shape index (κ1) is 11.5. The summed E-state index contributed by atoms with van der Waals surface area (Å²) in [5, 5.41) is 9.49. The van der Waals surface area contributed by atoms with Crippen molar-refractivity contribution in [3.05, 3.63) is 0 Å². The molecule has 14 heavy (non-hydrogen) atoms. The van der Waals surface area contributed by atoms with E-state index in [-0.39, 0.29) is 18.4 Å². The molecule has 4 heteroatoms. The third-order valence-corrected chi connectivity index (χ3v) is 2.59. The standard InChI is InChI=1S/C10H19NO3/c1-8-4-3-5-11(10(8)13)6-9(12)7-14-2/h8-9,12H,3-7H2,1-2H3. The second-order valence-corrected chi connectivity index (χ2v) is 3.94. The lowest BCUT2D eigenvalue weighted by Crippen LogP contribution is -2.45. The molecule has 1 heterocycles. The Kier molecular flexibility index (Phi) is 4.35. The van der Waals surface area contributed by atoms with E-state index in [4.69, 9.17) is 4.74 Å². The first-order chi connectivity index (χ1) is 6.65. The number of carbonyl (C=O) groups is 1. The minimum absolute atomic E-state index is 0.110. The summed E-state index contributed by atoms with van der Waals surface area (Å²) in [5.41, 5.74) is 0. The molecule has 0 radical (unpaired) electrons. The van der Waals surface area contributed by atoms with E-state index < -0.39 is 6.10 Å². The number of hydrogen-bond donors (Lipinski definition) is 1. The molecule has 2 unspecified atom stereocenters. The molecule has 1 saturated heterocycles. The molecule has 1 rings (SSSR count). The predicted molar refractivity (Wildman–Crippen MR) is 52.9 cm³/mol. The second-order valence-electron chi connectivity index (χ2n) is 3.94. The van der Waals surface area contributed by atoms with Crippen molar-refractivity contribution < 1.29 is 14.6 Å². The maximum Gasteiger partial charge on any atom is 0.225 e. The number of ether oxygens (including phenoxy) is 1. The summed E-state index contributed by atoms with van der Waals surface area (Å²) in [5.74, 6) is 0.268. The van der Waals surface area contributed by atoms with Gasteiger partial charge in [0.15, 0.2) is 0 Å². The van der Waals surface area contributed by atoms with E-state index in [9.17, 15) is 9.90 Å². The van der Waals surface area contributed by atoms with Crippen LogP contribution in [-0.4, -0.2) is 48.8 Å². The summed E-state index contributed by atoms with van der Waals surface area (Å²) in [6, 6.07) is 0. The summed E-state index contributed by atoms with van der Waals surface area (Å²) in [6.07, 6.45) is 1.44. The van der Waals surface area contributed by atoms with Gasteiger partial charge < -0.3 is 14.7 Å². The van der Waals surface area contributed by atoms with E-state index in [1.807, 2.05) is 6.92 Å². The van der Waals surface area contributed by atoms with Gasteiger partial charge in [0.2, 0.25) is 5.91 Å². The third-order valence-electron chi connectivity index (χ3n) is 2.59. The molecule has 1 N–H and O–H groups in total. The molecule has 0 aromatic rings. The zero-order valence-corrected chi connectivity index (χ0v) is 8.90. The lowest BCUT2D eigenvalue weighted by Gasteiger charge is -2.31. The maximum atomic E-state index is 11.6. The average molecular weight is 201 g/mol. The minimum Gasteiger partial charge on any atom is -0.389 e. The van der Waals surface area contributed by atoms with Crippen molar-refractivity contribution in [2.45, 2.75) is 25.9 Å². The maximum absolute atomic E-state index is 11.6.